The van der Waals surface area contributed by atoms with E-state index in [1.807, 2.05) is 31.2 Å². The molecule has 0 saturated carbocycles. The fourth-order valence-electron chi connectivity index (χ4n) is 3.03. The molecule has 0 aliphatic carbocycles. The number of carbonyl (C=O) groups excluding carboxylic acids is 1. The molecule has 5 heteroatoms. The number of nitrogens with one attached hydrogen (secondary N) is 2. The molecule has 0 unspecified atom stereocenters. The Balaban J connectivity index is 2.15. The molecule has 1 fully saturated rings. The maximum Gasteiger partial charge on any atom is 0.251 e. The van der Waals surface area contributed by atoms with Crippen molar-refractivity contribution in [3.8, 4) is 0 Å². The first-order valence-corrected chi connectivity index (χ1v) is 9.16. The van der Waals surface area contributed by atoms with Crippen LogP contribution in [-0.4, -0.2) is 41.9 Å². The first-order chi connectivity index (χ1) is 11.7. The molecular formula is C20H32N4O. The monoisotopic (exact) mass is 344 g/mol. The molecule has 0 radical (unpaired) electrons. The summed E-state index contributed by atoms with van der Waals surface area (Å²) in [6.07, 6.45) is 0. The van der Waals surface area contributed by atoms with E-state index in [0.29, 0.717) is 18.7 Å². The van der Waals surface area contributed by atoms with Crippen LogP contribution in [0.3, 0.4) is 0 Å². The summed E-state index contributed by atoms with van der Waals surface area (Å²) in [6.45, 7) is 16.1. The minimum absolute atomic E-state index is 0.0362. The molecule has 1 aliphatic heterocycles. The molecule has 0 atom stereocenters. The van der Waals surface area contributed by atoms with Crippen LogP contribution in [0.1, 0.15) is 57.5 Å². The maximum atomic E-state index is 12.0. The van der Waals surface area contributed by atoms with Crippen LogP contribution in [0.5, 0.6) is 0 Å². The molecule has 5 nitrogen and oxygen atoms in total. The zero-order valence-electron chi connectivity index (χ0n) is 16.4. The fraction of sp³-hybridized carbons (Fsp3) is 0.600. The lowest BCUT2D eigenvalue weighted by Gasteiger charge is -2.62. The number of amides is 1. The summed E-state index contributed by atoms with van der Waals surface area (Å²) in [7, 11) is 0. The first-order valence-electron chi connectivity index (χ1n) is 9.16. The van der Waals surface area contributed by atoms with Crippen LogP contribution < -0.4 is 10.6 Å². The molecule has 1 aromatic carbocycles. The number of aliphatic imine (C=N–C) groups is 1. The van der Waals surface area contributed by atoms with Gasteiger partial charge in [-0.25, -0.2) is 4.99 Å². The van der Waals surface area contributed by atoms with E-state index in [0.717, 1.165) is 24.6 Å². The van der Waals surface area contributed by atoms with Gasteiger partial charge >= 0.3 is 0 Å². The highest BCUT2D eigenvalue weighted by molar-refractivity contribution is 5.94. The highest BCUT2D eigenvalue weighted by Gasteiger charge is 2.53. The number of nitrogens with zero attached hydrogens (tertiary/aromatic N) is 2. The van der Waals surface area contributed by atoms with Gasteiger partial charge in [0, 0.05) is 36.2 Å². The number of carbonyl (C=O) groups is 1. The van der Waals surface area contributed by atoms with E-state index in [4.69, 9.17) is 4.99 Å². The van der Waals surface area contributed by atoms with Crippen molar-refractivity contribution in [3.63, 3.8) is 0 Å². The summed E-state index contributed by atoms with van der Waals surface area (Å²) in [5.74, 6) is 0.904. The molecule has 138 valence electrons. The standard InChI is InChI=1S/C20H32N4O/c1-7-21-17(25)16-11-9-10-15(12-16)13-23-18(22-8-2)24-14-19(3,4)20(24,5)6/h9-12H,7-8,13-14H2,1-6H3,(H,21,25)(H,22,23). The van der Waals surface area contributed by atoms with Gasteiger partial charge in [0.15, 0.2) is 5.96 Å². The van der Waals surface area contributed by atoms with E-state index in [1.165, 1.54) is 0 Å². The van der Waals surface area contributed by atoms with Crippen molar-refractivity contribution in [1.82, 2.24) is 15.5 Å². The third-order valence-electron chi connectivity index (χ3n) is 5.41. The predicted molar refractivity (Wildman–Crippen MR) is 104 cm³/mol. The van der Waals surface area contributed by atoms with Gasteiger partial charge in [0.05, 0.1) is 6.54 Å². The van der Waals surface area contributed by atoms with Crippen molar-refractivity contribution in [2.24, 2.45) is 10.4 Å². The van der Waals surface area contributed by atoms with Crippen molar-refractivity contribution >= 4 is 11.9 Å². The molecule has 2 N–H and O–H groups in total. The number of rotatable bonds is 5. The summed E-state index contributed by atoms with van der Waals surface area (Å²) in [5.41, 5.74) is 2.06. The SMILES string of the molecule is CCNC(=O)c1cccc(CN=C(NCC)N2CC(C)(C)C2(C)C)c1. The van der Waals surface area contributed by atoms with Crippen LogP contribution in [0, 0.1) is 5.41 Å². The minimum Gasteiger partial charge on any atom is -0.356 e. The van der Waals surface area contributed by atoms with E-state index in [1.54, 1.807) is 0 Å². The highest BCUT2D eigenvalue weighted by Crippen LogP contribution is 2.46. The molecule has 1 heterocycles. The van der Waals surface area contributed by atoms with Crippen LogP contribution in [0.4, 0.5) is 0 Å². The van der Waals surface area contributed by atoms with Crippen molar-refractivity contribution in [3.05, 3.63) is 35.4 Å². The molecule has 1 amide bonds. The molecule has 2 rings (SSSR count). The van der Waals surface area contributed by atoms with Gasteiger partial charge < -0.3 is 15.5 Å². The average Bonchev–Trinajstić information content (AvgIpc) is 2.57. The number of benzene rings is 1. The molecule has 1 saturated heterocycles. The quantitative estimate of drug-likeness (QED) is 0.638. The topological polar surface area (TPSA) is 56.7 Å². The third-order valence-corrected chi connectivity index (χ3v) is 5.41. The van der Waals surface area contributed by atoms with Crippen LogP contribution >= 0.6 is 0 Å². The van der Waals surface area contributed by atoms with Gasteiger partial charge in [-0.2, -0.15) is 0 Å². The Labute approximate surface area is 151 Å². The van der Waals surface area contributed by atoms with Gasteiger partial charge in [0.25, 0.3) is 5.91 Å². The first kappa shape index (κ1) is 19.3. The Morgan fingerprint density at radius 1 is 1.16 bits per heavy atom. The van der Waals surface area contributed by atoms with Crippen LogP contribution in [-0.2, 0) is 6.54 Å². The Hall–Kier alpha value is -2.04. The van der Waals surface area contributed by atoms with Crippen molar-refractivity contribution < 1.29 is 4.79 Å². The molecule has 0 aromatic heterocycles. The molecule has 1 aromatic rings. The van der Waals surface area contributed by atoms with Gasteiger partial charge in [-0.3, -0.25) is 4.79 Å². The van der Waals surface area contributed by atoms with E-state index in [9.17, 15) is 4.79 Å². The predicted octanol–water partition coefficient (Wildman–Crippen LogP) is 3.02. The molecule has 25 heavy (non-hydrogen) atoms. The van der Waals surface area contributed by atoms with Gasteiger partial charge in [-0.15, -0.1) is 0 Å². The molecule has 0 bridgehead atoms. The summed E-state index contributed by atoms with van der Waals surface area (Å²) < 4.78 is 0. The van der Waals surface area contributed by atoms with E-state index < -0.39 is 0 Å². The van der Waals surface area contributed by atoms with Gasteiger partial charge in [0.2, 0.25) is 0 Å². The number of likely N-dealkylation sites (tertiary alicyclic amines) is 1. The summed E-state index contributed by atoms with van der Waals surface area (Å²) >= 11 is 0. The Morgan fingerprint density at radius 2 is 1.84 bits per heavy atom. The second-order valence-corrected chi connectivity index (χ2v) is 7.76. The Kier molecular flexibility index (Phi) is 5.76. The van der Waals surface area contributed by atoms with E-state index >= 15 is 0 Å². The lowest BCUT2D eigenvalue weighted by molar-refractivity contribution is -0.0667. The second kappa shape index (κ2) is 7.46. The fourth-order valence-corrected chi connectivity index (χ4v) is 3.03. The molecule has 1 aliphatic rings. The van der Waals surface area contributed by atoms with Gasteiger partial charge in [0.1, 0.15) is 0 Å². The van der Waals surface area contributed by atoms with Crippen LogP contribution in [0.15, 0.2) is 29.3 Å². The van der Waals surface area contributed by atoms with Gasteiger partial charge in [-0.1, -0.05) is 26.0 Å². The minimum atomic E-state index is -0.0362. The highest BCUT2D eigenvalue weighted by atomic mass is 16.1. The normalized spacial score (nSPS) is 18.5. The molecule has 0 spiro atoms. The third kappa shape index (κ3) is 3.97. The smallest absolute Gasteiger partial charge is 0.251 e. The number of hydrogen-bond donors (Lipinski definition) is 2. The maximum absolute atomic E-state index is 12.0. The van der Waals surface area contributed by atoms with Crippen LogP contribution in [0.2, 0.25) is 0 Å². The van der Waals surface area contributed by atoms with Crippen molar-refractivity contribution in [1.29, 1.82) is 0 Å². The summed E-state index contributed by atoms with van der Waals surface area (Å²) in [5, 5.41) is 6.24. The van der Waals surface area contributed by atoms with Gasteiger partial charge in [-0.05, 0) is 45.4 Å². The Bertz CT molecular complexity index is 649. The van der Waals surface area contributed by atoms with E-state index in [2.05, 4.69) is 50.2 Å². The zero-order valence-corrected chi connectivity index (χ0v) is 16.4. The lowest BCUT2D eigenvalue weighted by Crippen LogP contribution is -2.72. The molecular weight excluding hydrogens is 312 g/mol. The zero-order chi connectivity index (χ0) is 18.7. The number of guanidine groups is 1. The average molecular weight is 345 g/mol. The number of hydrogen-bond acceptors (Lipinski definition) is 2. The van der Waals surface area contributed by atoms with Crippen LogP contribution in [0.25, 0.3) is 0 Å². The summed E-state index contributed by atoms with van der Waals surface area (Å²) in [4.78, 5) is 19.1. The summed E-state index contributed by atoms with van der Waals surface area (Å²) in [6, 6.07) is 7.69. The lowest BCUT2D eigenvalue weighted by atomic mass is 9.65. The van der Waals surface area contributed by atoms with E-state index in [-0.39, 0.29) is 16.9 Å². The Morgan fingerprint density at radius 3 is 2.40 bits per heavy atom. The second-order valence-electron chi connectivity index (χ2n) is 7.76. The van der Waals surface area contributed by atoms with Crippen molar-refractivity contribution in [2.45, 2.75) is 53.6 Å². The van der Waals surface area contributed by atoms with Crippen molar-refractivity contribution in [2.75, 3.05) is 19.6 Å². The largest absolute Gasteiger partial charge is 0.356 e.